The summed E-state index contributed by atoms with van der Waals surface area (Å²) in [6, 6.07) is 7.94. The third-order valence-corrected chi connectivity index (χ3v) is 4.77. The number of rotatable bonds is 2. The van der Waals surface area contributed by atoms with Crippen LogP contribution in [-0.4, -0.2) is 24.1 Å². The van der Waals surface area contributed by atoms with Crippen molar-refractivity contribution in [2.75, 3.05) is 7.11 Å². The van der Waals surface area contributed by atoms with Gasteiger partial charge in [-0.15, -0.1) is 0 Å². The van der Waals surface area contributed by atoms with Crippen molar-refractivity contribution in [1.29, 1.82) is 0 Å². The third-order valence-electron chi connectivity index (χ3n) is 4.77. The molecule has 26 heavy (non-hydrogen) atoms. The average Bonchev–Trinajstić information content (AvgIpc) is 3.04. The summed E-state index contributed by atoms with van der Waals surface area (Å²) in [7, 11) is 1.27. The minimum Gasteiger partial charge on any atom is -0.468 e. The highest BCUT2D eigenvalue weighted by atomic mass is 19.2. The van der Waals surface area contributed by atoms with E-state index in [0.29, 0.717) is 12.1 Å². The van der Waals surface area contributed by atoms with Gasteiger partial charge in [0, 0.05) is 28.6 Å². The van der Waals surface area contributed by atoms with Crippen LogP contribution in [-0.2, 0) is 16.0 Å². The molecule has 2 atom stereocenters. The quantitative estimate of drug-likeness (QED) is 0.544. The van der Waals surface area contributed by atoms with Gasteiger partial charge in [0.2, 0.25) is 0 Å². The number of fused-ring (bicyclic) bond motifs is 3. The number of aromatic amines is 1. The maximum Gasteiger partial charge on any atom is 0.323 e. The van der Waals surface area contributed by atoms with E-state index in [2.05, 4.69) is 10.3 Å². The number of carbonyl (C=O) groups is 1. The minimum absolute atomic E-state index is 0.0784. The fourth-order valence-electron chi connectivity index (χ4n) is 3.54. The molecule has 0 spiro atoms. The van der Waals surface area contributed by atoms with Gasteiger partial charge in [-0.1, -0.05) is 24.3 Å². The Morgan fingerprint density at radius 1 is 1.12 bits per heavy atom. The maximum atomic E-state index is 14.4. The summed E-state index contributed by atoms with van der Waals surface area (Å²) in [6.07, 6.45) is 0.341. The Morgan fingerprint density at radius 3 is 2.65 bits per heavy atom. The molecular formula is C19H15F3N2O2. The van der Waals surface area contributed by atoms with Crippen LogP contribution in [0.5, 0.6) is 0 Å². The van der Waals surface area contributed by atoms with Gasteiger partial charge in [-0.25, -0.2) is 13.2 Å². The lowest BCUT2D eigenvalue weighted by Gasteiger charge is -2.30. The summed E-state index contributed by atoms with van der Waals surface area (Å²) >= 11 is 0. The van der Waals surface area contributed by atoms with Crippen molar-refractivity contribution in [3.05, 3.63) is 70.7 Å². The molecule has 0 saturated carbocycles. The SMILES string of the molecule is COC(=O)[C@@H]1Cc2c([nH]c3ccccc23)[C@H](c2ccc(F)c(F)c2F)N1. The van der Waals surface area contributed by atoms with Crippen molar-refractivity contribution in [3.63, 3.8) is 0 Å². The molecule has 1 aliphatic rings. The fraction of sp³-hybridized carbons (Fsp3) is 0.211. The van der Waals surface area contributed by atoms with Crippen LogP contribution in [0.2, 0.25) is 0 Å². The highest BCUT2D eigenvalue weighted by Crippen LogP contribution is 2.36. The topological polar surface area (TPSA) is 54.1 Å². The van der Waals surface area contributed by atoms with E-state index in [0.717, 1.165) is 22.5 Å². The second kappa shape index (κ2) is 6.17. The normalized spacial score (nSPS) is 19.4. The molecule has 4 nitrogen and oxygen atoms in total. The summed E-state index contributed by atoms with van der Waals surface area (Å²) in [5, 5.41) is 3.88. The summed E-state index contributed by atoms with van der Waals surface area (Å²) < 4.78 is 46.3. The highest BCUT2D eigenvalue weighted by molar-refractivity contribution is 5.87. The number of para-hydroxylation sites is 1. The number of esters is 1. The van der Waals surface area contributed by atoms with Gasteiger partial charge < -0.3 is 9.72 Å². The van der Waals surface area contributed by atoms with Crippen LogP contribution in [0, 0.1) is 17.5 Å². The number of halogens is 3. The summed E-state index contributed by atoms with van der Waals surface area (Å²) in [5.74, 6) is -4.59. The molecule has 2 aromatic carbocycles. The van der Waals surface area contributed by atoms with Gasteiger partial charge in [0.15, 0.2) is 17.5 Å². The van der Waals surface area contributed by atoms with Gasteiger partial charge in [-0.2, -0.15) is 0 Å². The summed E-state index contributed by atoms with van der Waals surface area (Å²) in [5.41, 5.74) is 2.18. The number of aromatic nitrogens is 1. The largest absolute Gasteiger partial charge is 0.468 e. The highest BCUT2D eigenvalue weighted by Gasteiger charge is 2.36. The van der Waals surface area contributed by atoms with Gasteiger partial charge in [-0.3, -0.25) is 10.1 Å². The Hall–Kier alpha value is -2.80. The zero-order chi connectivity index (χ0) is 18.4. The molecule has 2 heterocycles. The van der Waals surface area contributed by atoms with E-state index in [1.54, 1.807) is 0 Å². The lowest BCUT2D eigenvalue weighted by molar-refractivity contribution is -0.143. The first-order chi connectivity index (χ1) is 12.5. The molecule has 0 aliphatic carbocycles. The molecule has 4 rings (SSSR count). The van der Waals surface area contributed by atoms with E-state index in [1.807, 2.05) is 24.3 Å². The van der Waals surface area contributed by atoms with Gasteiger partial charge in [0.1, 0.15) is 6.04 Å². The fourth-order valence-corrected chi connectivity index (χ4v) is 3.54. The third kappa shape index (κ3) is 2.47. The minimum atomic E-state index is -1.54. The van der Waals surface area contributed by atoms with E-state index in [-0.39, 0.29) is 5.56 Å². The molecule has 0 saturated heterocycles. The van der Waals surface area contributed by atoms with Crippen LogP contribution in [0.3, 0.4) is 0 Å². The maximum absolute atomic E-state index is 14.4. The van der Waals surface area contributed by atoms with Crippen molar-refractivity contribution in [2.24, 2.45) is 0 Å². The van der Waals surface area contributed by atoms with Crippen LogP contribution in [0.1, 0.15) is 22.9 Å². The van der Waals surface area contributed by atoms with Crippen LogP contribution >= 0.6 is 0 Å². The first kappa shape index (κ1) is 16.7. The Kier molecular flexibility index (Phi) is 3.96. The molecule has 1 aromatic heterocycles. The summed E-state index contributed by atoms with van der Waals surface area (Å²) in [4.78, 5) is 15.3. The van der Waals surface area contributed by atoms with Crippen LogP contribution in [0.15, 0.2) is 36.4 Å². The predicted molar refractivity (Wildman–Crippen MR) is 89.1 cm³/mol. The van der Waals surface area contributed by atoms with Crippen molar-refractivity contribution in [3.8, 4) is 0 Å². The predicted octanol–water partition coefficient (Wildman–Crippen LogP) is 3.36. The van der Waals surface area contributed by atoms with E-state index < -0.39 is 35.5 Å². The number of H-pyrrole nitrogens is 1. The number of ether oxygens (including phenoxy) is 1. The summed E-state index contributed by atoms with van der Waals surface area (Å²) in [6.45, 7) is 0. The lowest BCUT2D eigenvalue weighted by Crippen LogP contribution is -2.45. The van der Waals surface area contributed by atoms with Crippen molar-refractivity contribution in [1.82, 2.24) is 10.3 Å². The number of nitrogens with one attached hydrogen (secondary N) is 2. The van der Waals surface area contributed by atoms with E-state index >= 15 is 0 Å². The second-order valence-electron chi connectivity index (χ2n) is 6.21. The molecule has 134 valence electrons. The zero-order valence-electron chi connectivity index (χ0n) is 13.8. The molecule has 0 radical (unpaired) electrons. The van der Waals surface area contributed by atoms with Crippen molar-refractivity contribution in [2.45, 2.75) is 18.5 Å². The van der Waals surface area contributed by atoms with Gasteiger partial charge in [0.05, 0.1) is 13.2 Å². The van der Waals surface area contributed by atoms with Crippen LogP contribution in [0.25, 0.3) is 10.9 Å². The number of benzene rings is 2. The molecule has 2 N–H and O–H groups in total. The smallest absolute Gasteiger partial charge is 0.323 e. The standard InChI is InChI=1S/C19H15F3N2O2/c1-26-19(25)14-8-11-9-4-2-3-5-13(9)23-18(11)17(24-14)10-6-7-12(20)16(22)15(10)21/h2-7,14,17,23-24H,8H2,1H3/t14-,17-/m0/s1. The Labute approximate surface area is 147 Å². The number of carbonyl (C=O) groups excluding carboxylic acids is 1. The Bertz CT molecular complexity index is 1020. The molecule has 0 unspecified atom stereocenters. The lowest BCUT2D eigenvalue weighted by atomic mass is 9.90. The Morgan fingerprint density at radius 2 is 1.88 bits per heavy atom. The van der Waals surface area contributed by atoms with E-state index in [1.165, 1.54) is 13.2 Å². The molecule has 0 amide bonds. The average molecular weight is 360 g/mol. The second-order valence-corrected chi connectivity index (χ2v) is 6.21. The number of hydrogen-bond donors (Lipinski definition) is 2. The number of methoxy groups -OCH3 is 1. The first-order valence-corrected chi connectivity index (χ1v) is 8.08. The van der Waals surface area contributed by atoms with Gasteiger partial charge in [-0.05, 0) is 17.7 Å². The first-order valence-electron chi connectivity index (χ1n) is 8.08. The molecule has 0 bridgehead atoms. The molecule has 1 aliphatic heterocycles. The molecular weight excluding hydrogens is 345 g/mol. The Balaban J connectivity index is 1.92. The van der Waals surface area contributed by atoms with Gasteiger partial charge in [0.25, 0.3) is 0 Å². The van der Waals surface area contributed by atoms with E-state index in [9.17, 15) is 18.0 Å². The van der Waals surface area contributed by atoms with Crippen LogP contribution in [0.4, 0.5) is 13.2 Å². The van der Waals surface area contributed by atoms with Crippen LogP contribution < -0.4 is 5.32 Å². The van der Waals surface area contributed by atoms with Crippen molar-refractivity contribution < 1.29 is 22.7 Å². The van der Waals surface area contributed by atoms with Crippen molar-refractivity contribution >= 4 is 16.9 Å². The van der Waals surface area contributed by atoms with Gasteiger partial charge >= 0.3 is 5.97 Å². The molecule has 0 fully saturated rings. The zero-order valence-corrected chi connectivity index (χ0v) is 13.8. The van der Waals surface area contributed by atoms with E-state index in [4.69, 9.17) is 4.74 Å². The molecule has 3 aromatic rings. The molecule has 7 heteroatoms. The number of hydrogen-bond acceptors (Lipinski definition) is 3. The monoisotopic (exact) mass is 360 g/mol.